The molecule has 0 bridgehead atoms. The van der Waals surface area contributed by atoms with Crippen molar-refractivity contribution < 1.29 is 13.7 Å². The maximum Gasteiger partial charge on any atom is 0.223 e. The number of benzene rings is 1. The molecule has 1 aromatic heterocycles. The zero-order valence-electron chi connectivity index (χ0n) is 13.3. The molecule has 0 saturated heterocycles. The Morgan fingerprint density at radius 1 is 1.43 bits per heavy atom. The van der Waals surface area contributed by atoms with Crippen molar-refractivity contribution in [2.24, 2.45) is 4.99 Å². The summed E-state index contributed by atoms with van der Waals surface area (Å²) in [5.41, 5.74) is 0. The first-order valence-electron chi connectivity index (χ1n) is 7.22. The molecule has 1 aromatic carbocycles. The Morgan fingerprint density at radius 3 is 2.91 bits per heavy atom. The van der Waals surface area contributed by atoms with Crippen LogP contribution in [0.3, 0.4) is 0 Å². The molecule has 0 aliphatic rings. The van der Waals surface area contributed by atoms with E-state index in [-0.39, 0.29) is 11.9 Å². The van der Waals surface area contributed by atoms with Crippen molar-refractivity contribution in [2.45, 2.75) is 26.5 Å². The summed E-state index contributed by atoms with van der Waals surface area (Å²) in [4.78, 5) is 8.19. The van der Waals surface area contributed by atoms with Crippen LogP contribution in [0.4, 0.5) is 4.39 Å². The van der Waals surface area contributed by atoms with Crippen molar-refractivity contribution in [3.63, 3.8) is 0 Å². The maximum atomic E-state index is 13.1. The third kappa shape index (κ3) is 5.57. The van der Waals surface area contributed by atoms with Gasteiger partial charge in [0.1, 0.15) is 17.7 Å². The SMILES string of the molecule is CN=C(NCc1noc(C)n1)NCC(C)Oc1cccc(F)c1. The lowest BCUT2D eigenvalue weighted by molar-refractivity contribution is 0.223. The summed E-state index contributed by atoms with van der Waals surface area (Å²) in [6, 6.07) is 6.05. The van der Waals surface area contributed by atoms with Gasteiger partial charge in [0.2, 0.25) is 5.89 Å². The van der Waals surface area contributed by atoms with E-state index in [1.165, 1.54) is 12.1 Å². The average Bonchev–Trinajstić information content (AvgIpc) is 2.93. The third-order valence-electron chi connectivity index (χ3n) is 2.90. The summed E-state index contributed by atoms with van der Waals surface area (Å²) in [5, 5.41) is 9.97. The first kappa shape index (κ1) is 16.7. The van der Waals surface area contributed by atoms with Crippen LogP contribution in [0, 0.1) is 12.7 Å². The summed E-state index contributed by atoms with van der Waals surface area (Å²) >= 11 is 0. The molecule has 1 atom stereocenters. The van der Waals surface area contributed by atoms with Crippen molar-refractivity contribution in [1.29, 1.82) is 0 Å². The second-order valence-electron chi connectivity index (χ2n) is 4.92. The fraction of sp³-hybridized carbons (Fsp3) is 0.400. The molecule has 8 heteroatoms. The second kappa shape index (κ2) is 8.11. The molecule has 0 fully saturated rings. The van der Waals surface area contributed by atoms with E-state index >= 15 is 0 Å². The number of hydrogen-bond acceptors (Lipinski definition) is 5. The molecule has 0 radical (unpaired) electrons. The number of nitrogens with zero attached hydrogens (tertiary/aromatic N) is 3. The monoisotopic (exact) mass is 321 g/mol. The highest BCUT2D eigenvalue weighted by Gasteiger charge is 2.08. The smallest absolute Gasteiger partial charge is 0.223 e. The average molecular weight is 321 g/mol. The van der Waals surface area contributed by atoms with Crippen molar-refractivity contribution in [2.75, 3.05) is 13.6 Å². The van der Waals surface area contributed by atoms with Gasteiger partial charge < -0.3 is 19.9 Å². The molecule has 2 rings (SSSR count). The lowest BCUT2D eigenvalue weighted by Crippen LogP contribution is -2.41. The molecule has 2 N–H and O–H groups in total. The highest BCUT2D eigenvalue weighted by atomic mass is 19.1. The predicted molar refractivity (Wildman–Crippen MR) is 83.7 cm³/mol. The van der Waals surface area contributed by atoms with Gasteiger partial charge in [0.25, 0.3) is 0 Å². The van der Waals surface area contributed by atoms with Crippen molar-refractivity contribution >= 4 is 5.96 Å². The van der Waals surface area contributed by atoms with Gasteiger partial charge in [-0.1, -0.05) is 11.2 Å². The number of ether oxygens (including phenoxy) is 1. The van der Waals surface area contributed by atoms with Gasteiger partial charge in [0.15, 0.2) is 11.8 Å². The molecule has 1 unspecified atom stereocenters. The van der Waals surface area contributed by atoms with Crippen molar-refractivity contribution in [1.82, 2.24) is 20.8 Å². The largest absolute Gasteiger partial charge is 0.489 e. The molecule has 2 aromatic rings. The topological polar surface area (TPSA) is 84.6 Å². The molecule has 0 spiro atoms. The molecule has 0 aliphatic carbocycles. The minimum Gasteiger partial charge on any atom is -0.489 e. The molecule has 0 aliphatic heterocycles. The van der Waals surface area contributed by atoms with Gasteiger partial charge in [0, 0.05) is 20.0 Å². The third-order valence-corrected chi connectivity index (χ3v) is 2.90. The van der Waals surface area contributed by atoms with Crippen LogP contribution in [0.25, 0.3) is 0 Å². The van der Waals surface area contributed by atoms with E-state index in [2.05, 4.69) is 25.8 Å². The fourth-order valence-electron chi connectivity index (χ4n) is 1.85. The number of aryl methyl sites for hydroxylation is 1. The van der Waals surface area contributed by atoms with E-state index in [1.807, 2.05) is 6.92 Å². The Hall–Kier alpha value is -2.64. The standard InChI is InChI=1S/C15H20FN5O2/c1-10(22-13-6-4-5-12(16)7-13)8-18-15(17-3)19-9-14-20-11(2)23-21-14/h4-7,10H,8-9H2,1-3H3,(H2,17,18,19). The van der Waals surface area contributed by atoms with E-state index in [4.69, 9.17) is 9.26 Å². The van der Waals surface area contributed by atoms with E-state index in [0.29, 0.717) is 36.5 Å². The Morgan fingerprint density at radius 2 is 2.26 bits per heavy atom. The van der Waals surface area contributed by atoms with Gasteiger partial charge in [-0.3, -0.25) is 4.99 Å². The zero-order valence-corrected chi connectivity index (χ0v) is 13.3. The molecular formula is C15H20FN5O2. The maximum absolute atomic E-state index is 13.1. The highest BCUT2D eigenvalue weighted by molar-refractivity contribution is 5.79. The van der Waals surface area contributed by atoms with Gasteiger partial charge in [-0.25, -0.2) is 4.39 Å². The summed E-state index contributed by atoms with van der Waals surface area (Å²) < 4.78 is 23.6. The van der Waals surface area contributed by atoms with Crippen LogP contribution in [0.5, 0.6) is 5.75 Å². The second-order valence-corrected chi connectivity index (χ2v) is 4.92. The molecule has 23 heavy (non-hydrogen) atoms. The number of aliphatic imine (C=N–C) groups is 1. The zero-order chi connectivity index (χ0) is 16.7. The minimum absolute atomic E-state index is 0.164. The van der Waals surface area contributed by atoms with Gasteiger partial charge in [-0.2, -0.15) is 4.98 Å². The van der Waals surface area contributed by atoms with Crippen LogP contribution in [0.15, 0.2) is 33.8 Å². The van der Waals surface area contributed by atoms with Gasteiger partial charge >= 0.3 is 0 Å². The van der Waals surface area contributed by atoms with Gasteiger partial charge in [-0.15, -0.1) is 0 Å². The Balaban J connectivity index is 1.76. The molecule has 124 valence electrons. The van der Waals surface area contributed by atoms with Gasteiger partial charge in [-0.05, 0) is 19.1 Å². The molecule has 0 amide bonds. The van der Waals surface area contributed by atoms with Crippen LogP contribution in [-0.2, 0) is 6.54 Å². The van der Waals surface area contributed by atoms with E-state index in [1.54, 1.807) is 26.1 Å². The fourth-order valence-corrected chi connectivity index (χ4v) is 1.85. The minimum atomic E-state index is -0.324. The summed E-state index contributed by atoms with van der Waals surface area (Å²) in [5.74, 6) is 1.82. The Kier molecular flexibility index (Phi) is 5.90. The predicted octanol–water partition coefficient (Wildman–Crippen LogP) is 1.65. The summed E-state index contributed by atoms with van der Waals surface area (Å²) in [7, 11) is 1.66. The molecular weight excluding hydrogens is 301 g/mol. The lowest BCUT2D eigenvalue weighted by Gasteiger charge is -2.17. The summed E-state index contributed by atoms with van der Waals surface area (Å²) in [6.07, 6.45) is -0.164. The summed E-state index contributed by atoms with van der Waals surface area (Å²) in [6.45, 7) is 4.51. The number of aromatic nitrogens is 2. The van der Waals surface area contributed by atoms with E-state index in [0.717, 1.165) is 0 Å². The molecule has 7 nitrogen and oxygen atoms in total. The quantitative estimate of drug-likeness (QED) is 0.622. The Labute approximate surface area is 134 Å². The van der Waals surface area contributed by atoms with Crippen molar-refractivity contribution in [3.8, 4) is 5.75 Å². The highest BCUT2D eigenvalue weighted by Crippen LogP contribution is 2.13. The van der Waals surface area contributed by atoms with Crippen LogP contribution in [0.1, 0.15) is 18.6 Å². The van der Waals surface area contributed by atoms with Gasteiger partial charge in [0.05, 0.1) is 13.1 Å². The van der Waals surface area contributed by atoms with Crippen LogP contribution in [-0.4, -0.2) is 35.8 Å². The van der Waals surface area contributed by atoms with Crippen LogP contribution >= 0.6 is 0 Å². The Bertz CT molecular complexity index is 659. The molecule has 1 heterocycles. The normalized spacial score (nSPS) is 12.8. The number of nitrogens with one attached hydrogen (secondary N) is 2. The first-order chi connectivity index (χ1) is 11.1. The number of halogens is 1. The van der Waals surface area contributed by atoms with Crippen LogP contribution < -0.4 is 15.4 Å². The number of rotatable bonds is 6. The molecule has 0 saturated carbocycles. The first-order valence-corrected chi connectivity index (χ1v) is 7.22. The lowest BCUT2D eigenvalue weighted by atomic mass is 10.3. The van der Waals surface area contributed by atoms with Crippen LogP contribution in [0.2, 0.25) is 0 Å². The number of guanidine groups is 1. The van der Waals surface area contributed by atoms with E-state index in [9.17, 15) is 4.39 Å². The van der Waals surface area contributed by atoms with Crippen molar-refractivity contribution in [3.05, 3.63) is 41.8 Å². The van der Waals surface area contributed by atoms with E-state index < -0.39 is 0 Å². The number of hydrogen-bond donors (Lipinski definition) is 2.